The molecule has 0 amide bonds. The van der Waals surface area contributed by atoms with Crippen LogP contribution in [0.1, 0.15) is 28.4 Å². The van der Waals surface area contributed by atoms with Crippen LogP contribution in [0.25, 0.3) is 11.6 Å². The third kappa shape index (κ3) is 5.13. The Bertz CT molecular complexity index is 950. The Kier molecular flexibility index (Phi) is 7.05. The van der Waals surface area contributed by atoms with E-state index >= 15 is 0 Å². The number of benzene rings is 2. The quantitative estimate of drug-likeness (QED) is 0.397. The Hall–Kier alpha value is -3.22. The van der Waals surface area contributed by atoms with Gasteiger partial charge in [-0.05, 0) is 64.3 Å². The molecule has 2 aromatic rings. The van der Waals surface area contributed by atoms with Crippen molar-refractivity contribution < 1.29 is 19.4 Å². The zero-order valence-electron chi connectivity index (χ0n) is 14.5. The van der Waals surface area contributed by atoms with Crippen molar-refractivity contribution in [2.75, 3.05) is 13.2 Å². The molecule has 0 aliphatic rings. The molecule has 0 spiro atoms. The molecule has 0 unspecified atom stereocenters. The second-order valence-electron chi connectivity index (χ2n) is 5.31. The Morgan fingerprint density at radius 1 is 1.26 bits per heavy atom. The molecule has 0 fully saturated rings. The molecule has 2 rings (SSSR count). The van der Waals surface area contributed by atoms with Gasteiger partial charge in [-0.25, -0.2) is 4.79 Å². The monoisotopic (exact) mass is 425 g/mol. The van der Waals surface area contributed by atoms with E-state index in [-0.39, 0.29) is 12.2 Å². The molecule has 27 heavy (non-hydrogen) atoms. The molecular formula is C21H16BrNO4. The number of nitriles is 1. The Balaban J connectivity index is 2.44. The summed E-state index contributed by atoms with van der Waals surface area (Å²) in [5.74, 6) is 2.39. The van der Waals surface area contributed by atoms with Crippen molar-refractivity contribution in [1.29, 1.82) is 5.26 Å². The number of allylic oxidation sites excluding steroid dienone is 1. The van der Waals surface area contributed by atoms with Gasteiger partial charge in [0, 0.05) is 0 Å². The van der Waals surface area contributed by atoms with E-state index in [1.807, 2.05) is 6.92 Å². The summed E-state index contributed by atoms with van der Waals surface area (Å²) in [5, 5.41) is 18.5. The lowest BCUT2D eigenvalue weighted by molar-refractivity contribution is 0.0697. The number of rotatable bonds is 7. The van der Waals surface area contributed by atoms with Gasteiger partial charge in [-0.2, -0.15) is 5.26 Å². The van der Waals surface area contributed by atoms with Gasteiger partial charge in [0.1, 0.15) is 6.61 Å². The summed E-state index contributed by atoms with van der Waals surface area (Å²) in [6.45, 7) is 2.40. The highest BCUT2D eigenvalue weighted by molar-refractivity contribution is 9.10. The molecule has 0 aliphatic heterocycles. The summed E-state index contributed by atoms with van der Waals surface area (Å²) < 4.78 is 11.8. The van der Waals surface area contributed by atoms with Crippen molar-refractivity contribution in [3.8, 4) is 29.9 Å². The summed E-state index contributed by atoms with van der Waals surface area (Å²) in [6, 6.07) is 11.8. The number of terminal acetylenes is 1. The van der Waals surface area contributed by atoms with E-state index in [9.17, 15) is 10.1 Å². The molecule has 1 N–H and O–H groups in total. The SMILES string of the molecule is C#CCOc1c(Br)cc(C=C(C#N)c2ccc(C(=O)O)cc2)cc1OCC. The van der Waals surface area contributed by atoms with Gasteiger partial charge in [0.15, 0.2) is 11.5 Å². The summed E-state index contributed by atoms with van der Waals surface area (Å²) in [6.07, 6.45) is 6.93. The van der Waals surface area contributed by atoms with Crippen molar-refractivity contribution in [2.45, 2.75) is 6.92 Å². The van der Waals surface area contributed by atoms with E-state index in [1.54, 1.807) is 30.3 Å². The predicted octanol–water partition coefficient (Wildman–Crippen LogP) is 4.62. The first-order valence-electron chi connectivity index (χ1n) is 7.98. The van der Waals surface area contributed by atoms with E-state index in [1.165, 1.54) is 12.1 Å². The zero-order chi connectivity index (χ0) is 19.8. The zero-order valence-corrected chi connectivity index (χ0v) is 16.1. The van der Waals surface area contributed by atoms with Gasteiger partial charge in [-0.1, -0.05) is 18.1 Å². The van der Waals surface area contributed by atoms with Crippen LogP contribution in [0.5, 0.6) is 11.5 Å². The third-order valence-corrected chi connectivity index (χ3v) is 4.09. The Labute approximate surface area is 166 Å². The van der Waals surface area contributed by atoms with E-state index in [4.69, 9.17) is 21.0 Å². The Morgan fingerprint density at radius 3 is 2.48 bits per heavy atom. The lowest BCUT2D eigenvalue weighted by Gasteiger charge is -2.13. The first kappa shape index (κ1) is 20.1. The van der Waals surface area contributed by atoms with Crippen molar-refractivity contribution in [1.82, 2.24) is 0 Å². The topological polar surface area (TPSA) is 79.5 Å². The van der Waals surface area contributed by atoms with Gasteiger partial charge in [0.2, 0.25) is 0 Å². The minimum atomic E-state index is -1.02. The summed E-state index contributed by atoms with van der Waals surface area (Å²) >= 11 is 3.44. The molecular weight excluding hydrogens is 410 g/mol. The number of ether oxygens (including phenoxy) is 2. The molecule has 0 aromatic heterocycles. The van der Waals surface area contributed by atoms with Crippen molar-refractivity contribution in [2.24, 2.45) is 0 Å². The van der Waals surface area contributed by atoms with Crippen LogP contribution in [-0.2, 0) is 0 Å². The molecule has 5 nitrogen and oxygen atoms in total. The van der Waals surface area contributed by atoms with Crippen molar-refractivity contribution in [3.05, 3.63) is 57.6 Å². The minimum absolute atomic E-state index is 0.104. The second-order valence-corrected chi connectivity index (χ2v) is 6.16. The van der Waals surface area contributed by atoms with E-state index in [0.29, 0.717) is 33.7 Å². The molecule has 136 valence electrons. The number of carboxylic acids is 1. The van der Waals surface area contributed by atoms with Gasteiger partial charge in [0.05, 0.1) is 28.3 Å². The number of hydrogen-bond donors (Lipinski definition) is 1. The van der Waals surface area contributed by atoms with Gasteiger partial charge >= 0.3 is 5.97 Å². The van der Waals surface area contributed by atoms with Crippen LogP contribution in [-0.4, -0.2) is 24.3 Å². The highest BCUT2D eigenvalue weighted by Crippen LogP contribution is 2.38. The summed E-state index contributed by atoms with van der Waals surface area (Å²) in [4.78, 5) is 11.0. The van der Waals surface area contributed by atoms with Crippen LogP contribution in [0.4, 0.5) is 0 Å². The van der Waals surface area contributed by atoms with Crippen LogP contribution < -0.4 is 9.47 Å². The molecule has 0 saturated carbocycles. The van der Waals surface area contributed by atoms with E-state index < -0.39 is 5.97 Å². The normalized spacial score (nSPS) is 10.6. The first-order chi connectivity index (χ1) is 13.0. The van der Waals surface area contributed by atoms with Crippen molar-refractivity contribution >= 4 is 33.5 Å². The van der Waals surface area contributed by atoms with E-state index in [0.717, 1.165) is 5.56 Å². The lowest BCUT2D eigenvalue weighted by atomic mass is 10.0. The van der Waals surface area contributed by atoms with Crippen LogP contribution in [0.15, 0.2) is 40.9 Å². The van der Waals surface area contributed by atoms with Crippen LogP contribution in [0.3, 0.4) is 0 Å². The maximum absolute atomic E-state index is 11.0. The number of hydrogen-bond acceptors (Lipinski definition) is 4. The number of carboxylic acid groups (broad SMARTS) is 1. The fourth-order valence-corrected chi connectivity index (χ4v) is 2.90. The van der Waals surface area contributed by atoms with Crippen LogP contribution in [0.2, 0.25) is 0 Å². The maximum atomic E-state index is 11.0. The summed E-state index contributed by atoms with van der Waals surface area (Å²) in [5.41, 5.74) is 1.88. The molecule has 2 aromatic carbocycles. The number of carbonyl (C=O) groups is 1. The summed E-state index contributed by atoms with van der Waals surface area (Å²) in [7, 11) is 0. The fourth-order valence-electron chi connectivity index (χ4n) is 2.33. The third-order valence-electron chi connectivity index (χ3n) is 3.51. The van der Waals surface area contributed by atoms with Crippen LogP contribution >= 0.6 is 15.9 Å². The second kappa shape index (κ2) is 9.47. The molecule has 0 aliphatic carbocycles. The predicted molar refractivity (Wildman–Crippen MR) is 107 cm³/mol. The van der Waals surface area contributed by atoms with Crippen molar-refractivity contribution in [3.63, 3.8) is 0 Å². The largest absolute Gasteiger partial charge is 0.490 e. The number of nitrogens with zero attached hydrogens (tertiary/aromatic N) is 1. The Morgan fingerprint density at radius 2 is 1.93 bits per heavy atom. The minimum Gasteiger partial charge on any atom is -0.490 e. The lowest BCUT2D eigenvalue weighted by Crippen LogP contribution is -2.00. The average Bonchev–Trinajstić information content (AvgIpc) is 2.66. The molecule has 0 atom stereocenters. The number of halogens is 1. The highest BCUT2D eigenvalue weighted by Gasteiger charge is 2.12. The van der Waals surface area contributed by atoms with Gasteiger partial charge in [-0.3, -0.25) is 0 Å². The van der Waals surface area contributed by atoms with Gasteiger partial charge < -0.3 is 14.6 Å². The van der Waals surface area contributed by atoms with E-state index in [2.05, 4.69) is 27.9 Å². The molecule has 0 bridgehead atoms. The molecule has 0 heterocycles. The first-order valence-corrected chi connectivity index (χ1v) is 8.77. The molecule has 0 radical (unpaired) electrons. The smallest absolute Gasteiger partial charge is 0.335 e. The molecule has 6 heteroatoms. The average molecular weight is 426 g/mol. The number of aromatic carboxylic acids is 1. The molecule has 0 saturated heterocycles. The van der Waals surface area contributed by atoms with Gasteiger partial charge in [-0.15, -0.1) is 6.42 Å². The fraction of sp³-hybridized carbons (Fsp3) is 0.143. The highest BCUT2D eigenvalue weighted by atomic mass is 79.9. The van der Waals surface area contributed by atoms with Crippen LogP contribution in [0, 0.1) is 23.7 Å². The van der Waals surface area contributed by atoms with Gasteiger partial charge in [0.25, 0.3) is 0 Å². The standard InChI is InChI=1S/C21H16BrNO4/c1-3-9-27-20-18(22)11-14(12-19(20)26-4-2)10-17(13-23)15-5-7-16(8-6-15)21(24)25/h1,5-8,10-12H,4,9H2,2H3,(H,24,25). The maximum Gasteiger partial charge on any atom is 0.335 e.